The number of aromatic amines is 1. The third-order valence-corrected chi connectivity index (χ3v) is 1.91. The van der Waals surface area contributed by atoms with Gasteiger partial charge < -0.3 is 16.5 Å². The average molecular weight is 196 g/mol. The predicted octanol–water partition coefficient (Wildman–Crippen LogP) is 0.398. The number of aromatic nitrogens is 2. The van der Waals surface area contributed by atoms with E-state index >= 15 is 0 Å². The maximum atomic E-state index is 11.0. The fourth-order valence-corrected chi connectivity index (χ4v) is 1.33. The molecule has 1 heterocycles. The first-order valence-corrected chi connectivity index (χ1v) is 4.61. The molecule has 0 aromatic carbocycles. The summed E-state index contributed by atoms with van der Waals surface area (Å²) in [4.78, 5) is 17.1. The van der Waals surface area contributed by atoms with Gasteiger partial charge in [0, 0.05) is 17.8 Å². The Kier molecular flexibility index (Phi) is 3.24. The van der Waals surface area contributed by atoms with Gasteiger partial charge in [-0.15, -0.1) is 0 Å². The van der Waals surface area contributed by atoms with E-state index in [1.165, 1.54) is 0 Å². The zero-order valence-corrected chi connectivity index (χ0v) is 8.45. The number of nitrogens with two attached hydrogens (primary N) is 2. The van der Waals surface area contributed by atoms with Gasteiger partial charge in [0.15, 0.2) is 0 Å². The smallest absolute Gasteiger partial charge is 0.347 e. The zero-order chi connectivity index (χ0) is 10.7. The summed E-state index contributed by atoms with van der Waals surface area (Å²) in [6.45, 7) is 4.14. The van der Waals surface area contributed by atoms with Gasteiger partial charge >= 0.3 is 5.69 Å². The molecule has 0 fully saturated rings. The number of nitrogens with zero attached hydrogens (tertiary/aromatic N) is 1. The molecule has 1 atom stereocenters. The SMILES string of the molecule is CC(C)C[C@@H](N)c1cc(N)nc(=O)[nH]1. The summed E-state index contributed by atoms with van der Waals surface area (Å²) in [6.07, 6.45) is 0.805. The Hall–Kier alpha value is -1.36. The van der Waals surface area contributed by atoms with Crippen molar-refractivity contribution in [3.8, 4) is 0 Å². The van der Waals surface area contributed by atoms with Crippen molar-refractivity contribution in [2.45, 2.75) is 26.3 Å². The van der Waals surface area contributed by atoms with Gasteiger partial charge in [0.25, 0.3) is 0 Å². The van der Waals surface area contributed by atoms with Crippen LogP contribution in [0.5, 0.6) is 0 Å². The molecule has 0 bridgehead atoms. The molecule has 14 heavy (non-hydrogen) atoms. The Morgan fingerprint density at radius 2 is 2.21 bits per heavy atom. The Bertz CT molecular complexity index is 358. The lowest BCUT2D eigenvalue weighted by atomic mass is 10.0. The highest BCUT2D eigenvalue weighted by molar-refractivity contribution is 5.29. The Labute approximate surface area is 82.5 Å². The quantitative estimate of drug-likeness (QED) is 0.651. The number of rotatable bonds is 3. The third kappa shape index (κ3) is 2.85. The largest absolute Gasteiger partial charge is 0.383 e. The van der Waals surface area contributed by atoms with Crippen molar-refractivity contribution in [2.75, 3.05) is 5.73 Å². The summed E-state index contributed by atoms with van der Waals surface area (Å²) in [5.74, 6) is 0.686. The molecular formula is C9H16N4O. The van der Waals surface area contributed by atoms with Crippen molar-refractivity contribution >= 4 is 5.82 Å². The minimum atomic E-state index is -0.445. The number of hydrogen-bond donors (Lipinski definition) is 3. The number of H-pyrrole nitrogens is 1. The zero-order valence-electron chi connectivity index (χ0n) is 8.45. The van der Waals surface area contributed by atoms with Gasteiger partial charge in [0.1, 0.15) is 5.82 Å². The van der Waals surface area contributed by atoms with Crippen molar-refractivity contribution in [3.63, 3.8) is 0 Å². The Morgan fingerprint density at radius 3 is 2.71 bits per heavy atom. The highest BCUT2D eigenvalue weighted by Crippen LogP contribution is 2.16. The van der Waals surface area contributed by atoms with Crippen LogP contribution in [0, 0.1) is 5.92 Å². The monoisotopic (exact) mass is 196 g/mol. The van der Waals surface area contributed by atoms with Gasteiger partial charge in [-0.25, -0.2) is 4.79 Å². The van der Waals surface area contributed by atoms with Crippen LogP contribution < -0.4 is 17.2 Å². The van der Waals surface area contributed by atoms with Crippen molar-refractivity contribution in [1.29, 1.82) is 0 Å². The normalized spacial score (nSPS) is 13.1. The molecule has 0 aliphatic heterocycles. The second kappa shape index (κ2) is 4.23. The van der Waals surface area contributed by atoms with E-state index in [0.29, 0.717) is 11.6 Å². The summed E-state index contributed by atoms with van der Waals surface area (Å²) >= 11 is 0. The molecule has 0 radical (unpaired) electrons. The maximum Gasteiger partial charge on any atom is 0.347 e. The third-order valence-electron chi connectivity index (χ3n) is 1.91. The van der Waals surface area contributed by atoms with Gasteiger partial charge in [-0.1, -0.05) is 13.8 Å². The summed E-state index contributed by atoms with van der Waals surface area (Å²) < 4.78 is 0. The van der Waals surface area contributed by atoms with Gasteiger partial charge in [-0.2, -0.15) is 4.98 Å². The second-order valence-corrected chi connectivity index (χ2v) is 3.80. The minimum absolute atomic E-state index is 0.187. The average Bonchev–Trinajstić information content (AvgIpc) is 2.00. The highest BCUT2D eigenvalue weighted by atomic mass is 16.1. The first kappa shape index (κ1) is 10.7. The fourth-order valence-electron chi connectivity index (χ4n) is 1.33. The second-order valence-electron chi connectivity index (χ2n) is 3.80. The molecule has 1 aromatic heterocycles. The van der Waals surface area contributed by atoms with Gasteiger partial charge in [0.05, 0.1) is 0 Å². The molecule has 5 nitrogen and oxygen atoms in total. The molecule has 1 aromatic rings. The standard InChI is InChI=1S/C9H16N4O/c1-5(2)3-6(10)7-4-8(11)13-9(14)12-7/h4-6H,3,10H2,1-2H3,(H3,11,12,13,14)/t6-/m1/s1. The number of nitrogens with one attached hydrogen (secondary N) is 1. The van der Waals surface area contributed by atoms with Gasteiger partial charge in [-0.05, 0) is 12.3 Å². The fraction of sp³-hybridized carbons (Fsp3) is 0.556. The van der Waals surface area contributed by atoms with Crippen molar-refractivity contribution in [1.82, 2.24) is 9.97 Å². The molecule has 0 amide bonds. The topological polar surface area (TPSA) is 97.8 Å². The minimum Gasteiger partial charge on any atom is -0.383 e. The van der Waals surface area contributed by atoms with Crippen LogP contribution in [-0.4, -0.2) is 9.97 Å². The molecule has 5 N–H and O–H groups in total. The summed E-state index contributed by atoms with van der Waals surface area (Å²) in [7, 11) is 0. The van der Waals surface area contributed by atoms with Crippen LogP contribution in [0.1, 0.15) is 32.0 Å². The lowest BCUT2D eigenvalue weighted by molar-refractivity contribution is 0.501. The molecule has 0 saturated heterocycles. The van der Waals surface area contributed by atoms with E-state index < -0.39 is 5.69 Å². The lowest BCUT2D eigenvalue weighted by Crippen LogP contribution is -2.21. The predicted molar refractivity (Wildman–Crippen MR) is 55.7 cm³/mol. The van der Waals surface area contributed by atoms with Crippen LogP contribution in [0.25, 0.3) is 0 Å². The first-order valence-electron chi connectivity index (χ1n) is 4.61. The molecule has 0 saturated carbocycles. The number of nitrogen functional groups attached to an aromatic ring is 1. The van der Waals surface area contributed by atoms with Crippen molar-refractivity contribution in [2.24, 2.45) is 11.7 Å². The van der Waals surface area contributed by atoms with Gasteiger partial charge in [0.2, 0.25) is 0 Å². The molecule has 0 aliphatic rings. The van der Waals surface area contributed by atoms with E-state index in [1.807, 2.05) is 0 Å². The Balaban J connectivity index is 2.89. The molecular weight excluding hydrogens is 180 g/mol. The first-order chi connectivity index (χ1) is 6.49. The van der Waals surface area contributed by atoms with Crippen LogP contribution >= 0.6 is 0 Å². The van der Waals surface area contributed by atoms with Crippen LogP contribution in [0.15, 0.2) is 10.9 Å². The van der Waals surface area contributed by atoms with E-state index in [9.17, 15) is 4.79 Å². The molecule has 78 valence electrons. The van der Waals surface area contributed by atoms with E-state index in [4.69, 9.17) is 11.5 Å². The number of hydrogen-bond acceptors (Lipinski definition) is 4. The summed E-state index contributed by atoms with van der Waals surface area (Å²) in [5.41, 5.74) is 11.5. The van der Waals surface area contributed by atoms with E-state index in [1.54, 1.807) is 6.07 Å². The number of anilines is 1. The van der Waals surface area contributed by atoms with Crippen LogP contribution in [0.4, 0.5) is 5.82 Å². The van der Waals surface area contributed by atoms with Crippen LogP contribution in [0.3, 0.4) is 0 Å². The maximum absolute atomic E-state index is 11.0. The van der Waals surface area contributed by atoms with Crippen molar-refractivity contribution < 1.29 is 0 Å². The van der Waals surface area contributed by atoms with E-state index in [0.717, 1.165) is 6.42 Å². The molecule has 1 rings (SSSR count). The van der Waals surface area contributed by atoms with E-state index in [-0.39, 0.29) is 11.9 Å². The Morgan fingerprint density at radius 1 is 1.57 bits per heavy atom. The lowest BCUT2D eigenvalue weighted by Gasteiger charge is -2.13. The highest BCUT2D eigenvalue weighted by Gasteiger charge is 2.10. The summed E-state index contributed by atoms with van der Waals surface area (Å²) in [5, 5.41) is 0. The van der Waals surface area contributed by atoms with Crippen LogP contribution in [0.2, 0.25) is 0 Å². The van der Waals surface area contributed by atoms with Crippen LogP contribution in [-0.2, 0) is 0 Å². The van der Waals surface area contributed by atoms with Crippen molar-refractivity contribution in [3.05, 3.63) is 22.2 Å². The van der Waals surface area contributed by atoms with E-state index in [2.05, 4.69) is 23.8 Å². The molecule has 0 unspecified atom stereocenters. The molecule has 0 spiro atoms. The summed E-state index contributed by atoms with van der Waals surface area (Å²) in [6, 6.07) is 1.42. The molecule has 0 aliphatic carbocycles. The van der Waals surface area contributed by atoms with Gasteiger partial charge in [-0.3, -0.25) is 0 Å². The molecule has 5 heteroatoms.